The number of piperidine rings is 2. The van der Waals surface area contributed by atoms with E-state index in [2.05, 4.69) is 15.0 Å². The molecule has 0 radical (unpaired) electrons. The molecule has 182 valence electrons. The van der Waals surface area contributed by atoms with E-state index < -0.39 is 41.4 Å². The van der Waals surface area contributed by atoms with Crippen LogP contribution in [0.4, 0.5) is 22.0 Å². The molecule has 3 aromatic rings. The molecule has 11 heteroatoms. The normalized spacial score (nSPS) is 21.7. The maximum absolute atomic E-state index is 14.4. The third-order valence-corrected chi connectivity index (χ3v) is 6.40. The molecule has 0 N–H and O–H groups in total. The number of fused-ring (bicyclic) bond motifs is 3. The van der Waals surface area contributed by atoms with Crippen LogP contribution in [0.3, 0.4) is 0 Å². The number of hydrogen-bond donors (Lipinski definition) is 0. The van der Waals surface area contributed by atoms with Crippen LogP contribution in [0.5, 0.6) is 5.88 Å². The molecule has 6 rings (SSSR count). The Morgan fingerprint density at radius 1 is 1.06 bits per heavy atom. The van der Waals surface area contributed by atoms with Crippen LogP contribution < -0.4 is 4.74 Å². The number of ether oxygens (including phenoxy) is 1. The van der Waals surface area contributed by atoms with Gasteiger partial charge in [0.15, 0.2) is 11.6 Å². The van der Waals surface area contributed by atoms with E-state index in [9.17, 15) is 26.7 Å². The number of nitrogens with zero attached hydrogens (tertiary/aromatic N) is 4. The Morgan fingerprint density at radius 3 is 2.51 bits per heavy atom. The number of hydrogen-bond acceptors (Lipinski definition) is 5. The zero-order valence-electron chi connectivity index (χ0n) is 18.2. The van der Waals surface area contributed by atoms with Gasteiger partial charge in [-0.1, -0.05) is 0 Å². The Kier molecular flexibility index (Phi) is 5.86. The first-order chi connectivity index (χ1) is 16.7. The Bertz CT molecular complexity index is 1250. The summed E-state index contributed by atoms with van der Waals surface area (Å²) in [6.07, 6.45) is 0.0229. The summed E-state index contributed by atoms with van der Waals surface area (Å²) in [5, 5.41) is 0. The van der Waals surface area contributed by atoms with Crippen molar-refractivity contribution in [3.05, 3.63) is 71.7 Å². The predicted octanol–water partition coefficient (Wildman–Crippen LogP) is 4.91. The topological polar surface area (TPSA) is 68.2 Å². The molecule has 3 aliphatic rings. The molecular formula is C24H19F5N4O2. The third-order valence-electron chi connectivity index (χ3n) is 6.40. The molecule has 1 aliphatic carbocycles. The van der Waals surface area contributed by atoms with Crippen molar-refractivity contribution in [1.29, 1.82) is 0 Å². The molecule has 3 fully saturated rings. The summed E-state index contributed by atoms with van der Waals surface area (Å²) in [5.74, 6) is -2.43. The highest BCUT2D eigenvalue weighted by atomic mass is 19.4. The lowest BCUT2D eigenvalue weighted by atomic mass is 9.77. The van der Waals surface area contributed by atoms with Crippen LogP contribution in [0.2, 0.25) is 0 Å². The van der Waals surface area contributed by atoms with E-state index in [0.29, 0.717) is 31.6 Å². The van der Waals surface area contributed by atoms with E-state index in [1.807, 2.05) is 0 Å². The second-order valence-corrected chi connectivity index (χ2v) is 8.63. The summed E-state index contributed by atoms with van der Waals surface area (Å²) in [6, 6.07) is 5.24. The maximum atomic E-state index is 14.4. The molecular weight excluding hydrogens is 471 g/mol. The number of pyridine rings is 1. The van der Waals surface area contributed by atoms with Gasteiger partial charge in [-0.15, -0.1) is 0 Å². The molecule has 0 spiro atoms. The van der Waals surface area contributed by atoms with Crippen molar-refractivity contribution in [3.63, 3.8) is 0 Å². The highest BCUT2D eigenvalue weighted by Crippen LogP contribution is 2.39. The molecule has 2 aliphatic heterocycles. The molecule has 1 amide bonds. The van der Waals surface area contributed by atoms with E-state index >= 15 is 0 Å². The van der Waals surface area contributed by atoms with Crippen LogP contribution in [-0.4, -0.2) is 44.4 Å². The van der Waals surface area contributed by atoms with E-state index in [1.165, 1.54) is 30.6 Å². The number of amides is 1. The van der Waals surface area contributed by atoms with Gasteiger partial charge >= 0.3 is 6.18 Å². The smallest absolute Gasteiger partial charge is 0.417 e. The van der Waals surface area contributed by atoms with Crippen molar-refractivity contribution >= 4 is 5.91 Å². The monoisotopic (exact) mass is 490 g/mol. The van der Waals surface area contributed by atoms with Crippen LogP contribution >= 0.6 is 0 Å². The van der Waals surface area contributed by atoms with Crippen molar-refractivity contribution in [2.75, 3.05) is 6.54 Å². The summed E-state index contributed by atoms with van der Waals surface area (Å²) >= 11 is 0. The van der Waals surface area contributed by atoms with E-state index in [1.54, 1.807) is 11.0 Å². The van der Waals surface area contributed by atoms with Crippen molar-refractivity contribution in [2.24, 2.45) is 5.92 Å². The summed E-state index contributed by atoms with van der Waals surface area (Å²) in [7, 11) is 0. The van der Waals surface area contributed by atoms with Crippen LogP contribution in [0.1, 0.15) is 35.2 Å². The number of carbonyl (C=O) groups is 1. The van der Waals surface area contributed by atoms with E-state index in [0.717, 1.165) is 6.42 Å². The number of halogens is 5. The van der Waals surface area contributed by atoms with Crippen LogP contribution in [-0.2, 0) is 6.18 Å². The second kappa shape index (κ2) is 8.86. The molecule has 0 unspecified atom stereocenters. The molecule has 3 atom stereocenters. The predicted molar refractivity (Wildman–Crippen MR) is 113 cm³/mol. The van der Waals surface area contributed by atoms with Gasteiger partial charge in [-0.25, -0.2) is 23.7 Å². The van der Waals surface area contributed by atoms with Gasteiger partial charge in [0.1, 0.15) is 11.9 Å². The van der Waals surface area contributed by atoms with Gasteiger partial charge < -0.3 is 9.64 Å². The fourth-order valence-corrected chi connectivity index (χ4v) is 4.78. The van der Waals surface area contributed by atoms with Gasteiger partial charge in [0.05, 0.1) is 17.2 Å². The average molecular weight is 490 g/mol. The first-order valence-corrected chi connectivity index (χ1v) is 11.0. The summed E-state index contributed by atoms with van der Waals surface area (Å²) in [6.45, 7) is 0.429. The van der Waals surface area contributed by atoms with Gasteiger partial charge in [-0.3, -0.25) is 4.79 Å². The van der Waals surface area contributed by atoms with Gasteiger partial charge in [0.25, 0.3) is 11.8 Å². The first-order valence-electron chi connectivity index (χ1n) is 11.0. The van der Waals surface area contributed by atoms with Gasteiger partial charge in [-0.05, 0) is 55.5 Å². The largest absolute Gasteiger partial charge is 0.470 e. The zero-order chi connectivity index (χ0) is 24.7. The lowest BCUT2D eigenvalue weighted by molar-refractivity contribution is -0.138. The van der Waals surface area contributed by atoms with Crippen molar-refractivity contribution < 1.29 is 31.5 Å². The number of alkyl halides is 3. The SMILES string of the molecule is O=C(c1ccc(F)cc1-c1ncccn1)N1C[C@H]2CC[C@H]1[C@H](Oc1ncc(C(F)(F)F)cc1F)C2. The minimum absolute atomic E-state index is 0.0586. The number of aromatic nitrogens is 3. The average Bonchev–Trinajstić information content (AvgIpc) is 2.85. The quantitative estimate of drug-likeness (QED) is 0.487. The van der Waals surface area contributed by atoms with Crippen LogP contribution in [0.25, 0.3) is 11.4 Å². The molecule has 1 aromatic carbocycles. The van der Waals surface area contributed by atoms with E-state index in [-0.39, 0.29) is 28.8 Å². The maximum Gasteiger partial charge on any atom is 0.417 e. The molecule has 2 bridgehead atoms. The highest BCUT2D eigenvalue weighted by Gasteiger charge is 2.45. The Morgan fingerprint density at radius 2 is 1.83 bits per heavy atom. The number of carbonyl (C=O) groups excluding carboxylic acids is 1. The molecule has 6 nitrogen and oxygen atoms in total. The molecule has 1 saturated carbocycles. The molecule has 2 aromatic heterocycles. The Labute approximate surface area is 196 Å². The van der Waals surface area contributed by atoms with Gasteiger partial charge in [0, 0.05) is 30.7 Å². The lowest BCUT2D eigenvalue weighted by Crippen LogP contribution is -2.59. The standard InChI is InChI=1S/C24H19F5N4O2/c25-15-3-4-16(17(10-15)21-30-6-1-7-31-21)23(34)33-12-13-2-5-19(33)20(8-13)35-22-18(26)9-14(11-32-22)24(27,28)29/h1,3-4,6-7,9-11,13,19-20H,2,5,8,12H2/t13-,19-,20+/m0/s1. The third kappa shape index (κ3) is 4.54. The number of benzene rings is 1. The van der Waals surface area contributed by atoms with E-state index in [4.69, 9.17) is 4.74 Å². The van der Waals surface area contributed by atoms with Crippen molar-refractivity contribution in [3.8, 4) is 17.3 Å². The molecule has 2 saturated heterocycles. The fraction of sp³-hybridized carbons (Fsp3) is 0.333. The minimum Gasteiger partial charge on any atom is -0.470 e. The van der Waals surface area contributed by atoms with Crippen LogP contribution in [0.15, 0.2) is 48.9 Å². The number of rotatable bonds is 4. The Balaban J connectivity index is 1.42. The highest BCUT2D eigenvalue weighted by molar-refractivity contribution is 6.00. The van der Waals surface area contributed by atoms with Crippen LogP contribution in [0, 0.1) is 17.6 Å². The fourth-order valence-electron chi connectivity index (χ4n) is 4.78. The van der Waals surface area contributed by atoms with Gasteiger partial charge in [-0.2, -0.15) is 13.2 Å². The zero-order valence-corrected chi connectivity index (χ0v) is 18.2. The van der Waals surface area contributed by atoms with Crippen molar-refractivity contribution in [1.82, 2.24) is 19.9 Å². The molecule has 4 heterocycles. The molecule has 35 heavy (non-hydrogen) atoms. The minimum atomic E-state index is -4.73. The second-order valence-electron chi connectivity index (χ2n) is 8.63. The van der Waals surface area contributed by atoms with Gasteiger partial charge in [0.2, 0.25) is 0 Å². The summed E-state index contributed by atoms with van der Waals surface area (Å²) in [4.78, 5) is 27.0. The van der Waals surface area contributed by atoms with Crippen molar-refractivity contribution in [2.45, 2.75) is 37.6 Å². The Hall–Kier alpha value is -3.63. The summed E-state index contributed by atoms with van der Waals surface area (Å²) in [5.41, 5.74) is -0.760. The first kappa shape index (κ1) is 23.1. The lowest BCUT2D eigenvalue weighted by Gasteiger charge is -2.49. The summed E-state index contributed by atoms with van der Waals surface area (Å²) < 4.78 is 72.6.